The first kappa shape index (κ1) is 21.8. The number of likely N-dealkylation sites (tertiary alicyclic amines) is 1. The molecular weight excluding hydrogens is 421 g/mol. The minimum Gasteiger partial charge on any atom is -0.347 e. The average Bonchev–Trinajstić information content (AvgIpc) is 3.39. The summed E-state index contributed by atoms with van der Waals surface area (Å²) < 4.78 is 16.4. The largest absolute Gasteiger partial charge is 0.347 e. The minimum atomic E-state index is -0.143. The number of rotatable bonds is 6. The second-order valence-corrected chi connectivity index (χ2v) is 10.5. The second kappa shape index (κ2) is 8.83. The molecule has 176 valence electrons. The molecule has 0 unspecified atom stereocenters. The standard InChI is InChI=1S/C30H34FN3/c1-32(2)14-5-15-34-20-27(25-11-10-24(31)19-29(25)34)21-12-16-33(17-13-21)28-18-23-8-3-6-22-7-4-9-26(28)30(22)23/h3-4,6-11,19-21,28H,5,12-18H2,1-2H3/t28-/m1/s1. The Hall–Kier alpha value is -2.69. The van der Waals surface area contributed by atoms with Crippen LogP contribution in [0.5, 0.6) is 0 Å². The molecule has 1 fully saturated rings. The summed E-state index contributed by atoms with van der Waals surface area (Å²) in [4.78, 5) is 4.92. The molecule has 2 aliphatic rings. The van der Waals surface area contributed by atoms with Gasteiger partial charge in [0, 0.05) is 24.2 Å². The van der Waals surface area contributed by atoms with Crippen molar-refractivity contribution in [2.75, 3.05) is 33.7 Å². The van der Waals surface area contributed by atoms with E-state index in [0.29, 0.717) is 12.0 Å². The average molecular weight is 456 g/mol. The van der Waals surface area contributed by atoms with Crippen LogP contribution in [0.15, 0.2) is 60.8 Å². The molecule has 0 radical (unpaired) electrons. The molecule has 3 nitrogen and oxygen atoms in total. The van der Waals surface area contributed by atoms with E-state index in [9.17, 15) is 4.39 Å². The summed E-state index contributed by atoms with van der Waals surface area (Å²) in [6, 6.07) is 19.4. The smallest absolute Gasteiger partial charge is 0.125 e. The van der Waals surface area contributed by atoms with Crippen molar-refractivity contribution >= 4 is 21.7 Å². The lowest BCUT2D eigenvalue weighted by Gasteiger charge is -2.36. The van der Waals surface area contributed by atoms with Gasteiger partial charge in [0.05, 0.1) is 5.52 Å². The zero-order valence-corrected chi connectivity index (χ0v) is 20.3. The number of halogens is 1. The van der Waals surface area contributed by atoms with E-state index in [1.807, 2.05) is 6.07 Å². The van der Waals surface area contributed by atoms with Crippen molar-refractivity contribution in [1.82, 2.24) is 14.4 Å². The zero-order chi connectivity index (χ0) is 23.2. The first-order valence-corrected chi connectivity index (χ1v) is 12.8. The maximum Gasteiger partial charge on any atom is 0.125 e. The highest BCUT2D eigenvalue weighted by molar-refractivity contribution is 5.91. The Labute approximate surface area is 201 Å². The van der Waals surface area contributed by atoms with E-state index in [4.69, 9.17) is 0 Å². The van der Waals surface area contributed by atoms with Gasteiger partial charge >= 0.3 is 0 Å². The van der Waals surface area contributed by atoms with E-state index in [-0.39, 0.29) is 5.82 Å². The van der Waals surface area contributed by atoms with Crippen molar-refractivity contribution in [3.63, 3.8) is 0 Å². The van der Waals surface area contributed by atoms with Crippen LogP contribution in [0, 0.1) is 5.82 Å². The zero-order valence-electron chi connectivity index (χ0n) is 20.3. The van der Waals surface area contributed by atoms with Crippen molar-refractivity contribution in [3.8, 4) is 0 Å². The van der Waals surface area contributed by atoms with E-state index >= 15 is 0 Å². The minimum absolute atomic E-state index is 0.143. The number of fused-ring (bicyclic) bond motifs is 1. The van der Waals surface area contributed by atoms with Gasteiger partial charge in [0.15, 0.2) is 0 Å². The first-order valence-electron chi connectivity index (χ1n) is 12.8. The predicted molar refractivity (Wildman–Crippen MR) is 139 cm³/mol. The maximum absolute atomic E-state index is 14.1. The van der Waals surface area contributed by atoms with Crippen molar-refractivity contribution in [3.05, 3.63) is 83.3 Å². The van der Waals surface area contributed by atoms with Crippen LogP contribution in [-0.4, -0.2) is 48.1 Å². The van der Waals surface area contributed by atoms with Crippen molar-refractivity contribution in [2.45, 2.75) is 44.2 Å². The molecule has 0 N–H and O–H groups in total. The second-order valence-electron chi connectivity index (χ2n) is 10.5. The Kier molecular flexibility index (Phi) is 5.66. The van der Waals surface area contributed by atoms with Crippen LogP contribution in [0.2, 0.25) is 0 Å². The molecule has 4 aromatic rings. The van der Waals surface area contributed by atoms with E-state index < -0.39 is 0 Å². The highest BCUT2D eigenvalue weighted by Gasteiger charge is 2.32. The van der Waals surface area contributed by atoms with Crippen LogP contribution in [0.25, 0.3) is 21.7 Å². The lowest BCUT2D eigenvalue weighted by molar-refractivity contribution is 0.155. The molecular formula is C30H34FN3. The number of hydrogen-bond acceptors (Lipinski definition) is 2. The number of benzene rings is 3. The molecule has 3 aromatic carbocycles. The van der Waals surface area contributed by atoms with Gasteiger partial charge in [0.25, 0.3) is 0 Å². The van der Waals surface area contributed by atoms with Gasteiger partial charge in [-0.3, -0.25) is 4.90 Å². The van der Waals surface area contributed by atoms with E-state index in [0.717, 1.165) is 57.4 Å². The Morgan fingerprint density at radius 3 is 2.56 bits per heavy atom. The predicted octanol–water partition coefficient (Wildman–Crippen LogP) is 6.36. The van der Waals surface area contributed by atoms with Crippen LogP contribution in [-0.2, 0) is 13.0 Å². The van der Waals surface area contributed by atoms with E-state index in [1.54, 1.807) is 12.1 Å². The fourth-order valence-electron chi connectivity index (χ4n) is 6.42. The van der Waals surface area contributed by atoms with Crippen molar-refractivity contribution in [2.24, 2.45) is 0 Å². The first-order chi connectivity index (χ1) is 16.6. The van der Waals surface area contributed by atoms with Gasteiger partial charge in [-0.15, -0.1) is 0 Å². The highest BCUT2D eigenvalue weighted by Crippen LogP contribution is 2.43. The number of nitrogens with zero attached hydrogens (tertiary/aromatic N) is 3. The monoisotopic (exact) mass is 455 g/mol. The van der Waals surface area contributed by atoms with Gasteiger partial charge in [0.1, 0.15) is 5.82 Å². The van der Waals surface area contributed by atoms with E-state index in [1.165, 1.54) is 32.8 Å². The number of aromatic nitrogens is 1. The Balaban J connectivity index is 1.21. The topological polar surface area (TPSA) is 11.4 Å². The number of piperidine rings is 1. The Morgan fingerprint density at radius 1 is 0.971 bits per heavy atom. The van der Waals surface area contributed by atoms with Gasteiger partial charge in [-0.1, -0.05) is 36.4 Å². The summed E-state index contributed by atoms with van der Waals surface area (Å²) in [5.41, 5.74) is 5.48. The maximum atomic E-state index is 14.1. The molecule has 0 saturated carbocycles. The van der Waals surface area contributed by atoms with Crippen LogP contribution in [0.4, 0.5) is 4.39 Å². The van der Waals surface area contributed by atoms with Gasteiger partial charge in [-0.2, -0.15) is 0 Å². The third-order valence-electron chi connectivity index (χ3n) is 8.09. The molecule has 1 aromatic heterocycles. The Morgan fingerprint density at radius 2 is 1.76 bits per heavy atom. The SMILES string of the molecule is CN(C)CCCn1cc(C2CCN([C@@H]3Cc4cccc5cccc3c45)CC2)c2ccc(F)cc21. The van der Waals surface area contributed by atoms with Crippen LogP contribution in [0.3, 0.4) is 0 Å². The summed E-state index contributed by atoms with van der Waals surface area (Å²) in [5.74, 6) is 0.398. The molecule has 6 rings (SSSR count). The fraction of sp³-hybridized carbons (Fsp3) is 0.400. The fourth-order valence-corrected chi connectivity index (χ4v) is 6.42. The van der Waals surface area contributed by atoms with E-state index in [2.05, 4.69) is 71.1 Å². The molecule has 1 aliphatic carbocycles. The van der Waals surface area contributed by atoms with Crippen molar-refractivity contribution in [1.29, 1.82) is 0 Å². The summed E-state index contributed by atoms with van der Waals surface area (Å²) in [6.07, 6.45) is 6.85. The lowest BCUT2D eigenvalue weighted by Crippen LogP contribution is -2.36. The van der Waals surface area contributed by atoms with Crippen LogP contribution >= 0.6 is 0 Å². The third-order valence-corrected chi connectivity index (χ3v) is 8.09. The molecule has 4 heteroatoms. The normalized spacial score (nSPS) is 19.1. The van der Waals surface area contributed by atoms with Crippen molar-refractivity contribution < 1.29 is 4.39 Å². The van der Waals surface area contributed by atoms with Crippen LogP contribution < -0.4 is 0 Å². The number of hydrogen-bond donors (Lipinski definition) is 0. The molecule has 0 bridgehead atoms. The summed E-state index contributed by atoms with van der Waals surface area (Å²) in [5, 5.41) is 4.10. The molecule has 34 heavy (non-hydrogen) atoms. The Bertz CT molecular complexity index is 1320. The number of aryl methyl sites for hydroxylation is 1. The summed E-state index contributed by atoms with van der Waals surface area (Å²) >= 11 is 0. The quantitative estimate of drug-likeness (QED) is 0.335. The van der Waals surface area contributed by atoms with Gasteiger partial charge in [-0.05, 0) is 111 Å². The van der Waals surface area contributed by atoms with Crippen LogP contribution in [0.1, 0.15) is 47.9 Å². The molecule has 1 aliphatic heterocycles. The lowest BCUT2D eigenvalue weighted by atomic mass is 9.88. The molecule has 1 saturated heterocycles. The summed E-state index contributed by atoms with van der Waals surface area (Å²) in [7, 11) is 4.21. The molecule has 0 amide bonds. The molecule has 1 atom stereocenters. The van der Waals surface area contributed by atoms with Gasteiger partial charge in [0.2, 0.25) is 0 Å². The van der Waals surface area contributed by atoms with Gasteiger partial charge < -0.3 is 9.47 Å². The van der Waals surface area contributed by atoms with Gasteiger partial charge in [-0.25, -0.2) is 4.39 Å². The molecule has 2 heterocycles. The third kappa shape index (κ3) is 3.83. The molecule has 0 spiro atoms. The highest BCUT2D eigenvalue weighted by atomic mass is 19.1. The summed E-state index contributed by atoms with van der Waals surface area (Å²) in [6.45, 7) is 4.21.